The number of nitrogens with zero attached hydrogens (tertiary/aromatic N) is 3. The molecule has 160 valence electrons. The first-order valence-electron chi connectivity index (χ1n) is 9.84. The number of fused-ring (bicyclic) bond motifs is 1. The number of amides is 1. The highest BCUT2D eigenvalue weighted by Gasteiger charge is 2.27. The van der Waals surface area contributed by atoms with Gasteiger partial charge in [0.1, 0.15) is 0 Å². The second-order valence-electron chi connectivity index (χ2n) is 6.96. The first-order chi connectivity index (χ1) is 15.0. The van der Waals surface area contributed by atoms with Crippen molar-refractivity contribution in [3.05, 3.63) is 66.9 Å². The minimum absolute atomic E-state index is 0.118. The number of nitrogens with one attached hydrogen (secondary N) is 1. The van der Waals surface area contributed by atoms with E-state index in [0.29, 0.717) is 54.2 Å². The topological polar surface area (TPSA) is 101 Å². The molecule has 0 unspecified atom stereocenters. The molecule has 31 heavy (non-hydrogen) atoms. The molecule has 0 bridgehead atoms. The summed E-state index contributed by atoms with van der Waals surface area (Å²) in [6.45, 7) is 5.21. The zero-order valence-electron chi connectivity index (χ0n) is 16.8. The number of pyridine rings is 2. The molecule has 1 aliphatic heterocycles. The average Bonchev–Trinajstić information content (AvgIpc) is 2.82. The zero-order chi connectivity index (χ0) is 21.8. The van der Waals surface area contributed by atoms with Crippen molar-refractivity contribution in [1.29, 1.82) is 0 Å². The van der Waals surface area contributed by atoms with Crippen LogP contribution in [-0.4, -0.2) is 61.4 Å². The Labute approximate surface area is 180 Å². The number of sulfonamides is 1. The minimum atomic E-state index is -3.71. The largest absolute Gasteiger partial charge is 0.379 e. The predicted molar refractivity (Wildman–Crippen MR) is 117 cm³/mol. The van der Waals surface area contributed by atoms with Crippen LogP contribution in [0.25, 0.3) is 22.3 Å². The number of hydrogen-bond acceptors (Lipinski definition) is 6. The van der Waals surface area contributed by atoms with Crippen LogP contribution >= 0.6 is 0 Å². The SMILES string of the molecule is C=CCNC(=O)c1cc(-c2ccccn2)nc2ccc(S(=O)(=O)N3CCOCC3)cc12. The number of ether oxygens (including phenoxy) is 1. The fraction of sp³-hybridized carbons (Fsp3) is 0.227. The maximum absolute atomic E-state index is 13.1. The molecule has 1 saturated heterocycles. The van der Waals surface area contributed by atoms with Gasteiger partial charge in [0.05, 0.1) is 40.6 Å². The van der Waals surface area contributed by atoms with Crippen molar-refractivity contribution in [2.24, 2.45) is 0 Å². The van der Waals surface area contributed by atoms with Crippen LogP contribution in [0.4, 0.5) is 0 Å². The van der Waals surface area contributed by atoms with Gasteiger partial charge in [0.2, 0.25) is 10.0 Å². The fourth-order valence-corrected chi connectivity index (χ4v) is 4.83. The molecule has 1 aromatic carbocycles. The van der Waals surface area contributed by atoms with Gasteiger partial charge in [0, 0.05) is 31.2 Å². The lowest BCUT2D eigenvalue weighted by molar-refractivity contribution is 0.0730. The van der Waals surface area contributed by atoms with E-state index < -0.39 is 10.0 Å². The van der Waals surface area contributed by atoms with E-state index in [1.54, 1.807) is 36.5 Å². The number of carbonyl (C=O) groups excluding carboxylic acids is 1. The normalized spacial score (nSPS) is 15.0. The Morgan fingerprint density at radius 1 is 1.16 bits per heavy atom. The summed E-state index contributed by atoms with van der Waals surface area (Å²) < 4.78 is 32.9. The van der Waals surface area contributed by atoms with Crippen LogP contribution < -0.4 is 5.32 Å². The molecule has 9 heteroatoms. The van der Waals surface area contributed by atoms with Gasteiger partial charge in [-0.1, -0.05) is 12.1 Å². The van der Waals surface area contributed by atoms with Crippen LogP contribution in [-0.2, 0) is 14.8 Å². The summed E-state index contributed by atoms with van der Waals surface area (Å²) in [7, 11) is -3.71. The summed E-state index contributed by atoms with van der Waals surface area (Å²) >= 11 is 0. The van der Waals surface area contributed by atoms with E-state index in [9.17, 15) is 13.2 Å². The van der Waals surface area contributed by atoms with E-state index in [4.69, 9.17) is 4.74 Å². The van der Waals surface area contributed by atoms with Crippen molar-refractivity contribution in [3.63, 3.8) is 0 Å². The Morgan fingerprint density at radius 3 is 2.68 bits per heavy atom. The van der Waals surface area contributed by atoms with E-state index in [-0.39, 0.29) is 17.3 Å². The molecule has 1 amide bonds. The lowest BCUT2D eigenvalue weighted by Crippen LogP contribution is -2.40. The molecule has 4 rings (SSSR count). The molecule has 1 N–H and O–H groups in total. The summed E-state index contributed by atoms with van der Waals surface area (Å²) in [4.78, 5) is 21.9. The second kappa shape index (κ2) is 8.93. The molecule has 3 heterocycles. The molecule has 3 aromatic rings. The van der Waals surface area contributed by atoms with Gasteiger partial charge in [-0.25, -0.2) is 13.4 Å². The van der Waals surface area contributed by atoms with Gasteiger partial charge in [-0.15, -0.1) is 6.58 Å². The summed E-state index contributed by atoms with van der Waals surface area (Å²) in [6, 6.07) is 11.7. The van der Waals surface area contributed by atoms with Crippen molar-refractivity contribution in [1.82, 2.24) is 19.6 Å². The Morgan fingerprint density at radius 2 is 1.97 bits per heavy atom. The van der Waals surface area contributed by atoms with Crippen LogP contribution in [0.3, 0.4) is 0 Å². The molecule has 2 aromatic heterocycles. The second-order valence-corrected chi connectivity index (χ2v) is 8.90. The van der Waals surface area contributed by atoms with Gasteiger partial charge >= 0.3 is 0 Å². The summed E-state index contributed by atoms with van der Waals surface area (Å²) in [5.41, 5.74) is 1.98. The van der Waals surface area contributed by atoms with Gasteiger partial charge in [0.25, 0.3) is 5.91 Å². The number of morpholine rings is 1. The Kier molecular flexibility index (Phi) is 6.08. The van der Waals surface area contributed by atoms with Gasteiger partial charge in [-0.3, -0.25) is 9.78 Å². The lowest BCUT2D eigenvalue weighted by atomic mass is 10.1. The first kappa shape index (κ1) is 21.1. The Hall–Kier alpha value is -3.14. The fourth-order valence-electron chi connectivity index (χ4n) is 3.39. The molecule has 1 fully saturated rings. The maximum atomic E-state index is 13.1. The van der Waals surface area contributed by atoms with Gasteiger partial charge < -0.3 is 10.1 Å². The third kappa shape index (κ3) is 4.34. The van der Waals surface area contributed by atoms with Gasteiger partial charge in [-0.05, 0) is 36.4 Å². The molecule has 1 aliphatic rings. The van der Waals surface area contributed by atoms with Crippen molar-refractivity contribution in [2.75, 3.05) is 32.8 Å². The monoisotopic (exact) mass is 438 g/mol. The van der Waals surface area contributed by atoms with E-state index >= 15 is 0 Å². The van der Waals surface area contributed by atoms with Gasteiger partial charge in [-0.2, -0.15) is 4.31 Å². The van der Waals surface area contributed by atoms with Crippen molar-refractivity contribution < 1.29 is 17.9 Å². The van der Waals surface area contributed by atoms with Crippen LogP contribution in [0, 0.1) is 0 Å². The lowest BCUT2D eigenvalue weighted by Gasteiger charge is -2.26. The zero-order valence-corrected chi connectivity index (χ0v) is 17.6. The van der Waals surface area contributed by atoms with Gasteiger partial charge in [0.15, 0.2) is 0 Å². The third-order valence-corrected chi connectivity index (χ3v) is 6.86. The highest BCUT2D eigenvalue weighted by Crippen LogP contribution is 2.27. The summed E-state index contributed by atoms with van der Waals surface area (Å²) in [6.07, 6.45) is 3.23. The van der Waals surface area contributed by atoms with Crippen LogP contribution in [0.5, 0.6) is 0 Å². The molecule has 8 nitrogen and oxygen atoms in total. The number of carbonyl (C=O) groups is 1. The minimum Gasteiger partial charge on any atom is -0.379 e. The average molecular weight is 439 g/mol. The molecular formula is C22H22N4O4S. The molecule has 0 spiro atoms. The number of benzene rings is 1. The smallest absolute Gasteiger partial charge is 0.252 e. The molecular weight excluding hydrogens is 416 g/mol. The molecule has 0 radical (unpaired) electrons. The number of rotatable bonds is 6. The maximum Gasteiger partial charge on any atom is 0.252 e. The highest BCUT2D eigenvalue weighted by atomic mass is 32.2. The molecule has 0 atom stereocenters. The quantitative estimate of drug-likeness (QED) is 0.593. The van der Waals surface area contributed by atoms with Crippen LogP contribution in [0.1, 0.15) is 10.4 Å². The van der Waals surface area contributed by atoms with Crippen molar-refractivity contribution >= 4 is 26.8 Å². The van der Waals surface area contributed by atoms with Crippen molar-refractivity contribution in [3.8, 4) is 11.4 Å². The van der Waals surface area contributed by atoms with E-state index in [0.717, 1.165) is 0 Å². The molecule has 0 saturated carbocycles. The number of hydrogen-bond donors (Lipinski definition) is 1. The first-order valence-corrected chi connectivity index (χ1v) is 11.3. The van der Waals surface area contributed by atoms with E-state index in [2.05, 4.69) is 21.9 Å². The summed E-state index contributed by atoms with van der Waals surface area (Å²) in [5, 5.41) is 3.21. The standard InChI is InChI=1S/C22H22N4O4S/c1-2-8-24-22(27)18-15-21(20-5-3-4-9-23-20)25-19-7-6-16(14-17(18)19)31(28,29)26-10-12-30-13-11-26/h2-7,9,14-15H,1,8,10-13H2,(H,24,27). The van der Waals surface area contributed by atoms with Crippen LogP contribution in [0.15, 0.2) is 66.2 Å². The van der Waals surface area contributed by atoms with Crippen LogP contribution in [0.2, 0.25) is 0 Å². The number of aromatic nitrogens is 2. The molecule has 0 aliphatic carbocycles. The van der Waals surface area contributed by atoms with E-state index in [1.165, 1.54) is 16.4 Å². The Bertz CT molecular complexity index is 1220. The highest BCUT2D eigenvalue weighted by molar-refractivity contribution is 7.89. The summed E-state index contributed by atoms with van der Waals surface area (Å²) in [5.74, 6) is -0.342. The van der Waals surface area contributed by atoms with Crippen molar-refractivity contribution in [2.45, 2.75) is 4.90 Å². The van der Waals surface area contributed by atoms with E-state index in [1.807, 2.05) is 6.07 Å². The third-order valence-electron chi connectivity index (χ3n) is 4.97. The Balaban J connectivity index is 1.85. The predicted octanol–water partition coefficient (Wildman–Crippen LogP) is 2.23.